The monoisotopic (exact) mass is 470 g/mol. The molecule has 0 saturated carbocycles. The molecule has 3 rings (SSSR count). The fourth-order valence-electron chi connectivity index (χ4n) is 3.04. The summed E-state index contributed by atoms with van der Waals surface area (Å²) in [5.74, 6) is -0.470. The van der Waals surface area contributed by atoms with Gasteiger partial charge in [0.05, 0.1) is 28.5 Å². The van der Waals surface area contributed by atoms with Gasteiger partial charge in [0.2, 0.25) is 5.91 Å². The number of para-hydroxylation sites is 1. The second-order valence-corrected chi connectivity index (χ2v) is 7.78. The maximum Gasteiger partial charge on any atom is 0.417 e. The number of anilines is 1. The van der Waals surface area contributed by atoms with Crippen molar-refractivity contribution in [3.63, 3.8) is 0 Å². The number of likely N-dealkylation sites (N-methyl/N-ethyl adjacent to an activating group) is 1. The average molecular weight is 471 g/mol. The van der Waals surface area contributed by atoms with Crippen molar-refractivity contribution in [1.29, 1.82) is 0 Å². The number of nitrogens with zero attached hydrogens (tertiary/aromatic N) is 3. The Morgan fingerprint density at radius 3 is 2.48 bits per heavy atom. The van der Waals surface area contributed by atoms with Crippen molar-refractivity contribution >= 4 is 34.8 Å². The number of rotatable bonds is 6. The molecule has 1 aromatic heterocycles. The molecule has 2 aromatic carbocycles. The highest BCUT2D eigenvalue weighted by Gasteiger charge is 2.33. The molecule has 0 saturated heterocycles. The molecule has 1 heterocycles. The lowest BCUT2D eigenvalue weighted by atomic mass is 10.2. The highest BCUT2D eigenvalue weighted by molar-refractivity contribution is 6.31. The number of benzene rings is 2. The van der Waals surface area contributed by atoms with Gasteiger partial charge in [0.1, 0.15) is 5.15 Å². The maximum absolute atomic E-state index is 13.0. The molecular weight excluding hydrogens is 452 g/mol. The summed E-state index contributed by atoms with van der Waals surface area (Å²) in [6.45, 7) is 2.09. The Bertz CT molecular complexity index is 1080. The molecule has 164 valence electrons. The van der Waals surface area contributed by atoms with Crippen LogP contribution in [-0.4, -0.2) is 34.2 Å². The van der Waals surface area contributed by atoms with Gasteiger partial charge in [-0.05, 0) is 44.3 Å². The first-order valence-electron chi connectivity index (χ1n) is 9.21. The molecule has 0 aliphatic carbocycles. The van der Waals surface area contributed by atoms with E-state index in [1.165, 1.54) is 6.07 Å². The second kappa shape index (κ2) is 9.30. The summed E-state index contributed by atoms with van der Waals surface area (Å²) in [4.78, 5) is 14.0. The summed E-state index contributed by atoms with van der Waals surface area (Å²) >= 11 is 12.1. The van der Waals surface area contributed by atoms with Crippen LogP contribution in [0.2, 0.25) is 10.2 Å². The third-order valence-corrected chi connectivity index (χ3v) is 5.24. The summed E-state index contributed by atoms with van der Waals surface area (Å²) in [7, 11) is 1.71. The standard InChI is InChI=1S/C21H19Cl2F3N4O/c1-13-16(20(23)30(28-13)15-6-4-3-5-7-15)11-29(2)12-19(31)27-14-8-9-18(22)17(10-14)21(24,25)26/h3-10H,11-12H2,1-2H3,(H,27,31). The maximum atomic E-state index is 13.0. The van der Waals surface area contributed by atoms with Crippen LogP contribution in [0.3, 0.4) is 0 Å². The average Bonchev–Trinajstić information content (AvgIpc) is 2.97. The highest BCUT2D eigenvalue weighted by atomic mass is 35.5. The van der Waals surface area contributed by atoms with Gasteiger partial charge < -0.3 is 5.32 Å². The fourth-order valence-corrected chi connectivity index (χ4v) is 3.60. The largest absolute Gasteiger partial charge is 0.417 e. The van der Waals surface area contributed by atoms with E-state index in [9.17, 15) is 18.0 Å². The second-order valence-electron chi connectivity index (χ2n) is 7.01. The zero-order valence-electron chi connectivity index (χ0n) is 16.7. The summed E-state index contributed by atoms with van der Waals surface area (Å²) in [6, 6.07) is 12.6. The number of carbonyl (C=O) groups is 1. The number of hydrogen-bond acceptors (Lipinski definition) is 3. The van der Waals surface area contributed by atoms with Gasteiger partial charge >= 0.3 is 6.18 Å². The number of nitrogens with one attached hydrogen (secondary N) is 1. The number of amides is 1. The third-order valence-electron chi connectivity index (χ3n) is 4.52. The predicted molar refractivity (Wildman–Crippen MR) is 115 cm³/mol. The van der Waals surface area contributed by atoms with Crippen molar-refractivity contribution in [1.82, 2.24) is 14.7 Å². The summed E-state index contributed by atoms with van der Waals surface area (Å²) in [5, 5.41) is 6.93. The molecule has 0 atom stereocenters. The zero-order valence-corrected chi connectivity index (χ0v) is 18.2. The Morgan fingerprint density at radius 2 is 1.84 bits per heavy atom. The minimum absolute atomic E-state index is 0.0150. The molecular formula is C21H19Cl2F3N4O. The molecule has 0 aliphatic rings. The van der Waals surface area contributed by atoms with Crippen LogP contribution in [0.15, 0.2) is 48.5 Å². The van der Waals surface area contributed by atoms with Gasteiger partial charge in [0, 0.05) is 17.8 Å². The van der Waals surface area contributed by atoms with Crippen molar-refractivity contribution in [2.24, 2.45) is 0 Å². The summed E-state index contributed by atoms with van der Waals surface area (Å²) < 4.78 is 40.6. The molecule has 1 amide bonds. The van der Waals surface area contributed by atoms with Crippen LogP contribution in [0.25, 0.3) is 5.69 Å². The topological polar surface area (TPSA) is 50.2 Å². The Kier molecular flexibility index (Phi) is 6.93. The van der Waals surface area contributed by atoms with Crippen LogP contribution in [0.1, 0.15) is 16.8 Å². The van der Waals surface area contributed by atoms with Crippen LogP contribution in [0, 0.1) is 6.92 Å². The molecule has 5 nitrogen and oxygen atoms in total. The van der Waals surface area contributed by atoms with Gasteiger partial charge in [0.25, 0.3) is 0 Å². The van der Waals surface area contributed by atoms with Gasteiger partial charge in [-0.3, -0.25) is 9.69 Å². The number of hydrogen-bond donors (Lipinski definition) is 1. The lowest BCUT2D eigenvalue weighted by Gasteiger charge is -2.17. The first-order valence-corrected chi connectivity index (χ1v) is 9.96. The number of alkyl halides is 3. The van der Waals surface area contributed by atoms with E-state index in [1.54, 1.807) is 16.6 Å². The van der Waals surface area contributed by atoms with E-state index >= 15 is 0 Å². The van der Waals surface area contributed by atoms with E-state index in [2.05, 4.69) is 10.4 Å². The van der Waals surface area contributed by atoms with E-state index < -0.39 is 22.7 Å². The van der Waals surface area contributed by atoms with E-state index in [0.29, 0.717) is 17.4 Å². The number of carbonyl (C=O) groups excluding carboxylic acids is 1. The van der Waals surface area contributed by atoms with E-state index in [-0.39, 0.29) is 12.2 Å². The van der Waals surface area contributed by atoms with Crippen LogP contribution in [0.5, 0.6) is 0 Å². The molecule has 0 aliphatic heterocycles. The van der Waals surface area contributed by atoms with E-state index in [4.69, 9.17) is 23.2 Å². The minimum atomic E-state index is -4.61. The number of aromatic nitrogens is 2. The minimum Gasteiger partial charge on any atom is -0.325 e. The SMILES string of the molecule is Cc1nn(-c2ccccc2)c(Cl)c1CN(C)CC(=O)Nc1ccc(Cl)c(C(F)(F)F)c1. The molecule has 0 fully saturated rings. The van der Waals surface area contributed by atoms with Crippen LogP contribution in [0.4, 0.5) is 18.9 Å². The van der Waals surface area contributed by atoms with E-state index in [0.717, 1.165) is 23.4 Å². The predicted octanol–water partition coefficient (Wildman–Crippen LogP) is 5.58. The number of aryl methyl sites for hydroxylation is 1. The van der Waals surface area contributed by atoms with Gasteiger partial charge in [-0.25, -0.2) is 4.68 Å². The van der Waals surface area contributed by atoms with E-state index in [1.807, 2.05) is 37.3 Å². The molecule has 3 aromatic rings. The lowest BCUT2D eigenvalue weighted by Crippen LogP contribution is -2.30. The third kappa shape index (κ3) is 5.58. The Balaban J connectivity index is 1.67. The zero-order chi connectivity index (χ0) is 22.8. The number of halogens is 5. The lowest BCUT2D eigenvalue weighted by molar-refractivity contribution is -0.137. The fraction of sp³-hybridized carbons (Fsp3) is 0.238. The van der Waals surface area contributed by atoms with Crippen LogP contribution >= 0.6 is 23.2 Å². The quantitative estimate of drug-likeness (QED) is 0.511. The molecule has 10 heteroatoms. The first kappa shape index (κ1) is 23.1. The Morgan fingerprint density at radius 1 is 1.16 bits per heavy atom. The summed E-state index contributed by atoms with van der Waals surface area (Å²) in [5.41, 5.74) is 1.29. The van der Waals surface area contributed by atoms with Crippen molar-refractivity contribution in [2.75, 3.05) is 18.9 Å². The Hall–Kier alpha value is -2.55. The normalized spacial score (nSPS) is 11.7. The Labute approximate surface area is 187 Å². The smallest absolute Gasteiger partial charge is 0.325 e. The molecule has 0 bridgehead atoms. The molecule has 0 radical (unpaired) electrons. The molecule has 0 unspecified atom stereocenters. The van der Waals surface area contributed by atoms with Crippen molar-refractivity contribution in [2.45, 2.75) is 19.6 Å². The van der Waals surface area contributed by atoms with Gasteiger partial charge in [-0.2, -0.15) is 18.3 Å². The molecule has 31 heavy (non-hydrogen) atoms. The summed E-state index contributed by atoms with van der Waals surface area (Å²) in [6.07, 6.45) is -4.61. The first-order chi connectivity index (χ1) is 14.6. The molecule has 0 spiro atoms. The van der Waals surface area contributed by atoms with Crippen LogP contribution in [-0.2, 0) is 17.5 Å². The van der Waals surface area contributed by atoms with Gasteiger partial charge in [-0.1, -0.05) is 41.4 Å². The van der Waals surface area contributed by atoms with Gasteiger partial charge in [-0.15, -0.1) is 0 Å². The van der Waals surface area contributed by atoms with Gasteiger partial charge in [0.15, 0.2) is 0 Å². The highest BCUT2D eigenvalue weighted by Crippen LogP contribution is 2.36. The van der Waals surface area contributed by atoms with Crippen molar-refractivity contribution in [3.8, 4) is 5.69 Å². The van der Waals surface area contributed by atoms with Crippen molar-refractivity contribution in [3.05, 3.63) is 75.5 Å². The van der Waals surface area contributed by atoms with Crippen molar-refractivity contribution < 1.29 is 18.0 Å². The van der Waals surface area contributed by atoms with Crippen LogP contribution < -0.4 is 5.32 Å². The molecule has 1 N–H and O–H groups in total.